The highest BCUT2D eigenvalue weighted by atomic mass is 32.2. The molecule has 0 aliphatic rings. The number of hydrogen-bond acceptors (Lipinski definition) is 8. The van der Waals surface area contributed by atoms with Gasteiger partial charge in [-0.15, -0.1) is 0 Å². The Labute approximate surface area is 226 Å². The minimum Gasteiger partial charge on any atom is -0.480 e. The second-order valence-electron chi connectivity index (χ2n) is 9.27. The van der Waals surface area contributed by atoms with Crippen molar-refractivity contribution in [2.75, 3.05) is 18.6 Å². The van der Waals surface area contributed by atoms with E-state index in [9.17, 15) is 24.3 Å². The van der Waals surface area contributed by atoms with E-state index in [-0.39, 0.29) is 24.7 Å². The summed E-state index contributed by atoms with van der Waals surface area (Å²) in [5.41, 5.74) is 17.1. The zero-order valence-electron chi connectivity index (χ0n) is 22.1. The Morgan fingerprint density at radius 3 is 2.24 bits per heavy atom. The second kappa shape index (κ2) is 17.2. The van der Waals surface area contributed by atoms with E-state index in [2.05, 4.69) is 30.9 Å². The van der Waals surface area contributed by atoms with Crippen LogP contribution in [-0.4, -0.2) is 87.4 Å². The number of aliphatic imine (C=N–C) groups is 1. The number of aromatic amines is 1. The molecule has 0 fully saturated rings. The van der Waals surface area contributed by atoms with Crippen LogP contribution in [0.4, 0.5) is 0 Å². The van der Waals surface area contributed by atoms with Crippen LogP contribution in [0, 0.1) is 5.92 Å². The van der Waals surface area contributed by atoms with E-state index in [4.69, 9.17) is 17.2 Å². The molecule has 38 heavy (non-hydrogen) atoms. The Hall–Kier alpha value is -3.33. The number of nitrogens with one attached hydrogen (secondary N) is 4. The summed E-state index contributed by atoms with van der Waals surface area (Å²) < 4.78 is 0. The normalized spacial score (nSPS) is 14.1. The minimum absolute atomic E-state index is 0.0342. The van der Waals surface area contributed by atoms with Crippen molar-refractivity contribution in [2.45, 2.75) is 70.1 Å². The lowest BCUT2D eigenvalue weighted by atomic mass is 10.0. The van der Waals surface area contributed by atoms with Gasteiger partial charge in [-0.3, -0.25) is 19.4 Å². The third kappa shape index (κ3) is 12.8. The maximum atomic E-state index is 13.3. The molecule has 0 aliphatic carbocycles. The monoisotopic (exact) mass is 555 g/mol. The van der Waals surface area contributed by atoms with Crippen LogP contribution in [0.5, 0.6) is 0 Å². The van der Waals surface area contributed by atoms with Gasteiger partial charge in [0.1, 0.15) is 18.1 Å². The zero-order valence-corrected chi connectivity index (χ0v) is 22.9. The summed E-state index contributed by atoms with van der Waals surface area (Å²) in [7, 11) is 0. The zero-order chi connectivity index (χ0) is 28.7. The lowest BCUT2D eigenvalue weighted by Gasteiger charge is -2.26. The van der Waals surface area contributed by atoms with Crippen molar-refractivity contribution in [2.24, 2.45) is 28.1 Å². The first-order valence-corrected chi connectivity index (χ1v) is 13.7. The molecule has 3 amide bonds. The highest BCUT2D eigenvalue weighted by Gasteiger charge is 2.31. The number of nitrogens with two attached hydrogens (primary N) is 3. The fraction of sp³-hybridized carbons (Fsp3) is 0.652. The Morgan fingerprint density at radius 1 is 1.05 bits per heavy atom. The third-order valence-electron chi connectivity index (χ3n) is 5.48. The van der Waals surface area contributed by atoms with E-state index in [1.54, 1.807) is 0 Å². The van der Waals surface area contributed by atoms with Gasteiger partial charge in [0.25, 0.3) is 0 Å². The van der Waals surface area contributed by atoms with E-state index < -0.39 is 47.9 Å². The molecule has 0 saturated heterocycles. The number of carbonyl (C=O) groups is 4. The number of carboxylic acid groups (broad SMARTS) is 1. The standard InChI is InChI=1S/C23H41N9O5S/c1-13(2)9-17(31-19(33)15(24)5-4-7-28-23(25)26)20(34)32-18(10-14-11-27-12-29-14)21(35)30-16(22(36)37)6-8-38-3/h11-13,15-18H,4-10,24H2,1-3H3,(H,27,29)(H,30,35)(H,31,33)(H,32,34)(H,36,37)(H4,25,26,28). The summed E-state index contributed by atoms with van der Waals surface area (Å²) in [5.74, 6) is -2.42. The number of aromatic nitrogens is 2. The second-order valence-corrected chi connectivity index (χ2v) is 10.3. The van der Waals surface area contributed by atoms with Crippen LogP contribution >= 0.6 is 11.8 Å². The Kier molecular flexibility index (Phi) is 14.8. The largest absolute Gasteiger partial charge is 0.480 e. The number of carbonyl (C=O) groups excluding carboxylic acids is 3. The van der Waals surface area contributed by atoms with Crippen LogP contribution in [0.1, 0.15) is 45.2 Å². The molecule has 15 heteroatoms. The molecular formula is C23H41N9O5S. The van der Waals surface area contributed by atoms with Gasteiger partial charge in [-0.25, -0.2) is 9.78 Å². The van der Waals surface area contributed by atoms with E-state index in [0.717, 1.165) is 0 Å². The summed E-state index contributed by atoms with van der Waals surface area (Å²) in [6.07, 6.45) is 6.10. The van der Waals surface area contributed by atoms with Crippen LogP contribution in [0.2, 0.25) is 0 Å². The highest BCUT2D eigenvalue weighted by Crippen LogP contribution is 2.09. The van der Waals surface area contributed by atoms with Crippen molar-refractivity contribution in [3.63, 3.8) is 0 Å². The van der Waals surface area contributed by atoms with Gasteiger partial charge in [0.15, 0.2) is 5.96 Å². The van der Waals surface area contributed by atoms with Gasteiger partial charge in [-0.2, -0.15) is 11.8 Å². The fourth-order valence-electron chi connectivity index (χ4n) is 3.50. The minimum atomic E-state index is -1.17. The maximum absolute atomic E-state index is 13.3. The SMILES string of the molecule is CSCCC(NC(=O)C(Cc1cnc[nH]1)NC(=O)C(CC(C)C)NC(=O)C(N)CCCN=C(N)N)C(=O)O. The van der Waals surface area contributed by atoms with Gasteiger partial charge in [-0.1, -0.05) is 13.8 Å². The van der Waals surface area contributed by atoms with E-state index in [1.807, 2.05) is 20.1 Å². The third-order valence-corrected chi connectivity index (χ3v) is 6.13. The van der Waals surface area contributed by atoms with Crippen LogP contribution in [0.25, 0.3) is 0 Å². The molecule has 1 rings (SSSR count). The molecule has 0 radical (unpaired) electrons. The van der Waals surface area contributed by atoms with E-state index >= 15 is 0 Å². The lowest BCUT2D eigenvalue weighted by Crippen LogP contribution is -2.58. The van der Waals surface area contributed by atoms with Gasteiger partial charge in [0, 0.05) is 24.9 Å². The van der Waals surface area contributed by atoms with E-state index in [0.29, 0.717) is 37.3 Å². The highest BCUT2D eigenvalue weighted by molar-refractivity contribution is 7.98. The summed E-state index contributed by atoms with van der Waals surface area (Å²) >= 11 is 1.46. The molecule has 0 bridgehead atoms. The number of H-pyrrole nitrogens is 1. The quantitative estimate of drug-likeness (QED) is 0.0602. The Morgan fingerprint density at radius 2 is 1.68 bits per heavy atom. The van der Waals surface area contributed by atoms with Gasteiger partial charge >= 0.3 is 5.97 Å². The lowest BCUT2D eigenvalue weighted by molar-refractivity contribution is -0.142. The first-order chi connectivity index (χ1) is 17.9. The number of rotatable bonds is 18. The number of hydrogen-bond donors (Lipinski definition) is 8. The molecule has 0 saturated carbocycles. The average Bonchev–Trinajstić information content (AvgIpc) is 3.35. The first kappa shape index (κ1) is 32.7. The van der Waals surface area contributed by atoms with Gasteiger partial charge in [-0.05, 0) is 43.6 Å². The van der Waals surface area contributed by atoms with Crippen LogP contribution in [0.15, 0.2) is 17.5 Å². The number of amides is 3. The molecule has 1 aromatic rings. The molecule has 14 nitrogen and oxygen atoms in total. The fourth-order valence-corrected chi connectivity index (χ4v) is 3.97. The molecule has 4 atom stereocenters. The predicted octanol–water partition coefficient (Wildman–Crippen LogP) is -1.33. The van der Waals surface area contributed by atoms with Crippen LogP contribution in [0.3, 0.4) is 0 Å². The number of imidazole rings is 1. The molecular weight excluding hydrogens is 514 g/mol. The van der Waals surface area contributed by atoms with Crippen molar-refractivity contribution in [1.29, 1.82) is 0 Å². The first-order valence-electron chi connectivity index (χ1n) is 12.4. The van der Waals surface area contributed by atoms with Crippen molar-refractivity contribution in [1.82, 2.24) is 25.9 Å². The number of thioether (sulfide) groups is 1. The summed E-state index contributed by atoms with van der Waals surface area (Å²) in [6, 6.07) is -4.07. The Balaban J connectivity index is 2.97. The smallest absolute Gasteiger partial charge is 0.326 e. The van der Waals surface area contributed by atoms with Crippen molar-refractivity contribution in [3.05, 3.63) is 18.2 Å². The van der Waals surface area contributed by atoms with Crippen molar-refractivity contribution < 1.29 is 24.3 Å². The molecule has 0 aliphatic heterocycles. The van der Waals surface area contributed by atoms with Crippen LogP contribution < -0.4 is 33.2 Å². The molecule has 214 valence electrons. The molecule has 1 aromatic heterocycles. The van der Waals surface area contributed by atoms with Crippen molar-refractivity contribution in [3.8, 4) is 0 Å². The molecule has 11 N–H and O–H groups in total. The summed E-state index contributed by atoms with van der Waals surface area (Å²) in [5, 5.41) is 17.4. The molecule has 0 spiro atoms. The summed E-state index contributed by atoms with van der Waals surface area (Å²) in [4.78, 5) is 61.3. The molecule has 1 heterocycles. The Bertz CT molecular complexity index is 922. The average molecular weight is 556 g/mol. The van der Waals surface area contributed by atoms with Gasteiger partial charge < -0.3 is 43.2 Å². The number of guanidine groups is 1. The predicted molar refractivity (Wildman–Crippen MR) is 146 cm³/mol. The van der Waals surface area contributed by atoms with Crippen LogP contribution in [-0.2, 0) is 25.6 Å². The number of aliphatic carboxylic acids is 1. The van der Waals surface area contributed by atoms with Crippen molar-refractivity contribution >= 4 is 41.4 Å². The van der Waals surface area contributed by atoms with Gasteiger partial charge in [0.2, 0.25) is 17.7 Å². The number of nitrogens with zero attached hydrogens (tertiary/aromatic N) is 2. The summed E-state index contributed by atoms with van der Waals surface area (Å²) in [6.45, 7) is 4.09. The van der Waals surface area contributed by atoms with E-state index in [1.165, 1.54) is 24.3 Å². The molecule has 4 unspecified atom stereocenters. The molecule has 0 aromatic carbocycles. The maximum Gasteiger partial charge on any atom is 0.326 e. The number of carboxylic acids is 1. The topological polar surface area (TPSA) is 244 Å². The van der Waals surface area contributed by atoms with Gasteiger partial charge in [0.05, 0.1) is 12.4 Å².